The molecule has 3 aromatic rings. The molecule has 90 valence electrons. The lowest BCUT2D eigenvalue weighted by Crippen LogP contribution is -1.73. The van der Waals surface area contributed by atoms with Crippen LogP contribution in [-0.4, -0.2) is 0 Å². The third kappa shape index (κ3) is 2.20. The molecule has 0 spiro atoms. The van der Waals surface area contributed by atoms with Crippen LogP contribution >= 0.6 is 27.7 Å². The molecule has 0 fully saturated rings. The van der Waals surface area contributed by atoms with E-state index in [1.54, 1.807) is 11.8 Å². The Morgan fingerprint density at radius 2 is 1.72 bits per heavy atom. The second kappa shape index (κ2) is 4.82. The summed E-state index contributed by atoms with van der Waals surface area (Å²) in [7, 11) is 0. The third-order valence-electron chi connectivity index (χ3n) is 2.74. The van der Waals surface area contributed by atoms with E-state index in [0.717, 1.165) is 20.5 Å². The molecule has 0 aliphatic rings. The highest BCUT2D eigenvalue weighted by molar-refractivity contribution is 9.10. The molecule has 1 aromatic heterocycles. The molecule has 0 amide bonds. The van der Waals surface area contributed by atoms with Crippen LogP contribution in [0.3, 0.4) is 0 Å². The summed E-state index contributed by atoms with van der Waals surface area (Å²) in [5.74, 6) is 0. The zero-order chi connectivity index (χ0) is 12.5. The number of para-hydroxylation sites is 1. The lowest BCUT2D eigenvalue weighted by atomic mass is 10.2. The molecule has 0 unspecified atom stereocenters. The molecule has 0 N–H and O–H groups in total. The van der Waals surface area contributed by atoms with Gasteiger partial charge in [-0.2, -0.15) is 0 Å². The van der Waals surface area contributed by atoms with Crippen molar-refractivity contribution in [1.82, 2.24) is 0 Å². The van der Waals surface area contributed by atoms with Gasteiger partial charge in [-0.25, -0.2) is 0 Å². The van der Waals surface area contributed by atoms with Crippen molar-refractivity contribution in [3.8, 4) is 0 Å². The van der Waals surface area contributed by atoms with Gasteiger partial charge in [-0.3, -0.25) is 0 Å². The smallest absolute Gasteiger partial charge is 0.180 e. The first-order valence-electron chi connectivity index (χ1n) is 5.65. The highest BCUT2D eigenvalue weighted by atomic mass is 79.9. The third-order valence-corrected chi connectivity index (χ3v) is 4.77. The van der Waals surface area contributed by atoms with E-state index >= 15 is 0 Å². The van der Waals surface area contributed by atoms with Crippen LogP contribution in [0.25, 0.3) is 11.0 Å². The zero-order valence-electron chi connectivity index (χ0n) is 9.81. The molecule has 0 aliphatic heterocycles. The second-order valence-corrected chi connectivity index (χ2v) is 5.95. The van der Waals surface area contributed by atoms with E-state index in [9.17, 15) is 0 Å². The van der Waals surface area contributed by atoms with Crippen LogP contribution in [0.5, 0.6) is 0 Å². The highest BCUT2D eigenvalue weighted by Crippen LogP contribution is 2.40. The summed E-state index contributed by atoms with van der Waals surface area (Å²) in [5, 5.41) is 2.02. The SMILES string of the molecule is Cc1ccc(Sc2oc3ccccc3c2Br)cc1. The Morgan fingerprint density at radius 1 is 1.00 bits per heavy atom. The van der Waals surface area contributed by atoms with Crippen molar-refractivity contribution in [3.63, 3.8) is 0 Å². The second-order valence-electron chi connectivity index (χ2n) is 4.11. The fourth-order valence-corrected chi connectivity index (χ4v) is 3.24. The fraction of sp³-hybridized carbons (Fsp3) is 0.0667. The fourth-order valence-electron chi connectivity index (χ4n) is 1.77. The first-order valence-corrected chi connectivity index (χ1v) is 7.26. The summed E-state index contributed by atoms with van der Waals surface area (Å²) in [4.78, 5) is 1.18. The number of furan rings is 1. The number of fused-ring (bicyclic) bond motifs is 1. The first-order chi connectivity index (χ1) is 8.74. The summed E-state index contributed by atoms with van der Waals surface area (Å²) < 4.78 is 6.88. The molecular formula is C15H11BrOS. The Hall–Kier alpha value is -1.19. The molecular weight excluding hydrogens is 308 g/mol. The Labute approximate surface area is 118 Å². The minimum atomic E-state index is 0.903. The van der Waals surface area contributed by atoms with Gasteiger partial charge in [0.15, 0.2) is 5.09 Å². The average Bonchev–Trinajstić information content (AvgIpc) is 2.70. The predicted molar refractivity (Wildman–Crippen MR) is 79.2 cm³/mol. The van der Waals surface area contributed by atoms with Crippen LogP contribution in [0.4, 0.5) is 0 Å². The van der Waals surface area contributed by atoms with Crippen LogP contribution in [-0.2, 0) is 0 Å². The van der Waals surface area contributed by atoms with Crippen LogP contribution in [0.15, 0.2) is 67.4 Å². The molecule has 0 aliphatic carbocycles. The number of hydrogen-bond acceptors (Lipinski definition) is 2. The maximum Gasteiger partial charge on any atom is 0.180 e. The molecule has 3 heteroatoms. The quantitative estimate of drug-likeness (QED) is 0.605. The Morgan fingerprint density at radius 3 is 2.44 bits per heavy atom. The van der Waals surface area contributed by atoms with Gasteiger partial charge in [0.2, 0.25) is 0 Å². The van der Waals surface area contributed by atoms with Gasteiger partial charge in [0.1, 0.15) is 5.58 Å². The number of hydrogen-bond donors (Lipinski definition) is 0. The standard InChI is InChI=1S/C15H11BrOS/c1-10-6-8-11(9-7-10)18-15-14(16)12-4-2-3-5-13(12)17-15/h2-9H,1H3. The van der Waals surface area contributed by atoms with E-state index in [0.29, 0.717) is 0 Å². The van der Waals surface area contributed by atoms with Crippen LogP contribution in [0.1, 0.15) is 5.56 Å². The molecule has 0 atom stereocenters. The Bertz CT molecular complexity index is 685. The molecule has 1 nitrogen and oxygen atoms in total. The zero-order valence-corrected chi connectivity index (χ0v) is 12.2. The lowest BCUT2D eigenvalue weighted by Gasteiger charge is -1.99. The van der Waals surface area contributed by atoms with Gasteiger partial charge in [-0.15, -0.1) is 0 Å². The monoisotopic (exact) mass is 318 g/mol. The molecule has 1 heterocycles. The van der Waals surface area contributed by atoms with Crippen molar-refractivity contribution in [2.45, 2.75) is 16.9 Å². The van der Waals surface area contributed by atoms with Crippen LogP contribution in [0.2, 0.25) is 0 Å². The van der Waals surface area contributed by atoms with Crippen LogP contribution < -0.4 is 0 Å². The molecule has 0 radical (unpaired) electrons. The normalized spacial score (nSPS) is 11.0. The number of rotatable bonds is 2. The minimum absolute atomic E-state index is 0.903. The maximum atomic E-state index is 5.85. The molecule has 0 saturated heterocycles. The maximum absolute atomic E-state index is 5.85. The van der Waals surface area contributed by atoms with Crippen LogP contribution in [0, 0.1) is 6.92 Å². The highest BCUT2D eigenvalue weighted by Gasteiger charge is 2.12. The van der Waals surface area contributed by atoms with E-state index < -0.39 is 0 Å². The average molecular weight is 319 g/mol. The molecule has 0 saturated carbocycles. The van der Waals surface area contributed by atoms with Gasteiger partial charge in [0.25, 0.3) is 0 Å². The lowest BCUT2D eigenvalue weighted by molar-refractivity contribution is 0.511. The van der Waals surface area contributed by atoms with Gasteiger partial charge in [0.05, 0.1) is 4.47 Å². The van der Waals surface area contributed by atoms with Crippen molar-refractivity contribution < 1.29 is 4.42 Å². The largest absolute Gasteiger partial charge is 0.448 e. The summed E-state index contributed by atoms with van der Waals surface area (Å²) in [5.41, 5.74) is 2.18. The van der Waals surface area contributed by atoms with Gasteiger partial charge in [-0.05, 0) is 47.1 Å². The first kappa shape index (κ1) is 11.9. The van der Waals surface area contributed by atoms with Gasteiger partial charge in [0, 0.05) is 10.3 Å². The molecule has 3 rings (SSSR count). The minimum Gasteiger partial charge on any atom is -0.448 e. The summed E-state index contributed by atoms with van der Waals surface area (Å²) >= 11 is 5.24. The predicted octanol–water partition coefficient (Wildman–Crippen LogP) is 5.65. The van der Waals surface area contributed by atoms with Crippen molar-refractivity contribution in [2.24, 2.45) is 0 Å². The molecule has 0 bridgehead atoms. The summed E-state index contributed by atoms with van der Waals surface area (Å²) in [6.07, 6.45) is 0. The van der Waals surface area contributed by atoms with Crippen molar-refractivity contribution in [1.29, 1.82) is 0 Å². The number of aryl methyl sites for hydroxylation is 1. The van der Waals surface area contributed by atoms with E-state index in [1.807, 2.05) is 18.2 Å². The van der Waals surface area contributed by atoms with Gasteiger partial charge >= 0.3 is 0 Å². The van der Waals surface area contributed by atoms with E-state index in [-0.39, 0.29) is 0 Å². The number of benzene rings is 2. The summed E-state index contributed by atoms with van der Waals surface area (Å²) in [6.45, 7) is 2.09. The van der Waals surface area contributed by atoms with Crippen molar-refractivity contribution in [3.05, 3.63) is 58.6 Å². The van der Waals surface area contributed by atoms with E-state index in [2.05, 4.69) is 53.2 Å². The molecule has 2 aromatic carbocycles. The van der Waals surface area contributed by atoms with Crippen molar-refractivity contribution in [2.75, 3.05) is 0 Å². The van der Waals surface area contributed by atoms with Gasteiger partial charge < -0.3 is 4.42 Å². The Kier molecular flexibility index (Phi) is 3.18. The topological polar surface area (TPSA) is 13.1 Å². The summed E-state index contributed by atoms with van der Waals surface area (Å²) in [6, 6.07) is 16.5. The van der Waals surface area contributed by atoms with Crippen molar-refractivity contribution >= 4 is 38.7 Å². The van der Waals surface area contributed by atoms with E-state index in [1.165, 1.54) is 10.5 Å². The molecule has 18 heavy (non-hydrogen) atoms. The van der Waals surface area contributed by atoms with E-state index in [4.69, 9.17) is 4.42 Å². The van der Waals surface area contributed by atoms with Gasteiger partial charge in [-0.1, -0.05) is 41.6 Å². The number of halogens is 1. The Balaban J connectivity index is 1.99.